The zero-order chi connectivity index (χ0) is 26.8. The molecule has 1 amide bonds. The third-order valence-corrected chi connectivity index (χ3v) is 9.73. The highest BCUT2D eigenvalue weighted by Gasteiger charge is 2.46. The van der Waals surface area contributed by atoms with Gasteiger partial charge in [0.2, 0.25) is 0 Å². The summed E-state index contributed by atoms with van der Waals surface area (Å²) >= 11 is 0. The molecule has 0 radical (unpaired) electrons. The second-order valence-corrected chi connectivity index (χ2v) is 11.8. The number of hydrogen-bond acceptors (Lipinski definition) is 3. The van der Waals surface area contributed by atoms with Crippen molar-refractivity contribution in [3.63, 3.8) is 0 Å². The lowest BCUT2D eigenvalue weighted by molar-refractivity contribution is 0.0506. The first-order valence-corrected chi connectivity index (χ1v) is 14.5. The number of fused-ring (bicyclic) bond motifs is 8. The lowest BCUT2D eigenvalue weighted by atomic mass is 9.84. The van der Waals surface area contributed by atoms with Gasteiger partial charge in [-0.2, -0.15) is 0 Å². The molecule has 198 valence electrons. The van der Waals surface area contributed by atoms with Crippen LogP contribution in [0.5, 0.6) is 0 Å². The number of Topliss-reactive ketones (excluding diaryl/α,β-unsaturated/α-hetero) is 1. The highest BCUT2D eigenvalue weighted by molar-refractivity contribution is 5.99. The second kappa shape index (κ2) is 9.19. The number of carbonyl (C=O) groups excluding carboxylic acids is 2. The van der Waals surface area contributed by atoms with Crippen LogP contribution in [0.2, 0.25) is 0 Å². The van der Waals surface area contributed by atoms with Crippen LogP contribution in [0, 0.1) is 5.92 Å². The number of nitrogens with zero attached hydrogens (tertiary/aromatic N) is 1. The van der Waals surface area contributed by atoms with Crippen LogP contribution in [0.1, 0.15) is 64.2 Å². The van der Waals surface area contributed by atoms with Crippen molar-refractivity contribution in [2.24, 2.45) is 5.92 Å². The van der Waals surface area contributed by atoms with Gasteiger partial charge in [0.05, 0.1) is 0 Å². The molecule has 2 fully saturated rings. The van der Waals surface area contributed by atoms with Crippen LogP contribution in [-0.2, 0) is 11.2 Å². The van der Waals surface area contributed by atoms with Gasteiger partial charge in [0, 0.05) is 29.5 Å². The average Bonchev–Trinajstić information content (AvgIpc) is 3.62. The van der Waals surface area contributed by atoms with Gasteiger partial charge in [0.1, 0.15) is 6.61 Å². The predicted octanol–water partition coefficient (Wildman–Crippen LogP) is 7.63. The maximum atomic E-state index is 13.7. The van der Waals surface area contributed by atoms with E-state index in [0.717, 1.165) is 37.7 Å². The maximum Gasteiger partial charge on any atom is 0.410 e. The number of benzene rings is 4. The number of piperidine rings is 1. The van der Waals surface area contributed by atoms with Crippen molar-refractivity contribution in [1.82, 2.24) is 4.90 Å². The molecule has 2 aliphatic carbocycles. The molecule has 2 atom stereocenters. The minimum Gasteiger partial charge on any atom is -0.448 e. The number of carbonyl (C=O) groups is 2. The summed E-state index contributed by atoms with van der Waals surface area (Å²) in [6.45, 7) is 0.336. The SMILES string of the molecule is O=C(c1ccc2c(c1)Cc1ccccc1-2)C1CC2CCC(C1)N2C(=O)OCC1c2ccccc2-c2ccccc21. The molecular formula is C36H31NO3. The summed E-state index contributed by atoms with van der Waals surface area (Å²) in [4.78, 5) is 29.1. The van der Waals surface area contributed by atoms with Gasteiger partial charge < -0.3 is 9.64 Å². The van der Waals surface area contributed by atoms with E-state index in [1.165, 1.54) is 44.5 Å². The molecule has 2 saturated heterocycles. The van der Waals surface area contributed by atoms with E-state index in [1.807, 2.05) is 11.0 Å². The van der Waals surface area contributed by atoms with E-state index >= 15 is 0 Å². The second-order valence-electron chi connectivity index (χ2n) is 11.8. The van der Waals surface area contributed by atoms with Gasteiger partial charge in [-0.05, 0) is 82.7 Å². The van der Waals surface area contributed by atoms with Crippen molar-refractivity contribution < 1.29 is 14.3 Å². The minimum absolute atomic E-state index is 0.0445. The Bertz CT molecular complexity index is 1610. The van der Waals surface area contributed by atoms with Crippen LogP contribution in [0.15, 0.2) is 91.0 Å². The first-order chi connectivity index (χ1) is 19.7. The van der Waals surface area contributed by atoms with Gasteiger partial charge in [-0.25, -0.2) is 4.79 Å². The van der Waals surface area contributed by atoms with Crippen molar-refractivity contribution in [1.29, 1.82) is 0 Å². The molecular weight excluding hydrogens is 494 g/mol. The van der Waals surface area contributed by atoms with Crippen molar-refractivity contribution in [3.05, 3.63) is 119 Å². The van der Waals surface area contributed by atoms with Crippen LogP contribution >= 0.6 is 0 Å². The first kappa shape index (κ1) is 23.7. The lowest BCUT2D eigenvalue weighted by Crippen LogP contribution is -2.48. The van der Waals surface area contributed by atoms with Crippen LogP contribution in [0.4, 0.5) is 4.79 Å². The normalized spacial score (nSPS) is 21.9. The molecule has 0 N–H and O–H groups in total. The van der Waals surface area contributed by atoms with E-state index in [9.17, 15) is 9.59 Å². The van der Waals surface area contributed by atoms with Crippen LogP contribution in [-0.4, -0.2) is 35.5 Å². The van der Waals surface area contributed by atoms with Gasteiger partial charge in [-0.15, -0.1) is 0 Å². The van der Waals surface area contributed by atoms with Crippen molar-refractivity contribution in [3.8, 4) is 22.3 Å². The number of ketones is 1. The standard InChI is InChI=1S/C36H31NO3/c38-35(23-13-16-29-24(18-23)17-22-7-1-2-8-28(22)29)25-19-26-14-15-27(20-25)37(26)36(39)40-21-34-32-11-5-3-9-30(32)31-10-4-6-12-33(31)34/h1-13,16,18,25-27,34H,14-15,17,19-21H2. The van der Waals surface area contributed by atoms with Gasteiger partial charge in [0.15, 0.2) is 5.78 Å². The number of amides is 1. The summed E-state index contributed by atoms with van der Waals surface area (Å²) in [7, 11) is 0. The summed E-state index contributed by atoms with van der Waals surface area (Å²) in [5.74, 6) is 0.235. The molecule has 0 spiro atoms. The molecule has 8 rings (SSSR count). The molecule has 4 nitrogen and oxygen atoms in total. The predicted molar refractivity (Wildman–Crippen MR) is 155 cm³/mol. The Morgan fingerprint density at radius 1 is 0.700 bits per heavy atom. The molecule has 2 aliphatic heterocycles. The zero-order valence-corrected chi connectivity index (χ0v) is 22.4. The molecule has 2 bridgehead atoms. The van der Waals surface area contributed by atoms with E-state index in [2.05, 4.69) is 84.9 Å². The fraction of sp³-hybridized carbons (Fsp3) is 0.278. The molecule has 2 heterocycles. The summed E-state index contributed by atoms with van der Waals surface area (Å²) < 4.78 is 6.02. The van der Waals surface area contributed by atoms with E-state index < -0.39 is 0 Å². The lowest BCUT2D eigenvalue weighted by Gasteiger charge is -2.37. The van der Waals surface area contributed by atoms with Crippen LogP contribution in [0.3, 0.4) is 0 Å². The molecule has 0 aromatic heterocycles. The van der Waals surface area contributed by atoms with E-state index in [4.69, 9.17) is 4.74 Å². The maximum absolute atomic E-state index is 13.7. The Kier molecular flexibility index (Phi) is 5.44. The summed E-state index contributed by atoms with van der Waals surface area (Å²) in [6.07, 6.45) is 3.98. The largest absolute Gasteiger partial charge is 0.448 e. The average molecular weight is 526 g/mol. The van der Waals surface area contributed by atoms with Gasteiger partial charge >= 0.3 is 6.09 Å². The third-order valence-electron chi connectivity index (χ3n) is 9.73. The van der Waals surface area contributed by atoms with Gasteiger partial charge in [0.25, 0.3) is 0 Å². The fourth-order valence-electron chi connectivity index (χ4n) is 7.89. The molecule has 4 aromatic carbocycles. The molecule has 4 aromatic rings. The quantitative estimate of drug-likeness (QED) is 0.227. The smallest absolute Gasteiger partial charge is 0.410 e. The third kappa shape index (κ3) is 3.66. The molecule has 40 heavy (non-hydrogen) atoms. The topological polar surface area (TPSA) is 46.6 Å². The Labute approximate surface area is 234 Å². The molecule has 2 unspecified atom stereocenters. The summed E-state index contributed by atoms with van der Waals surface area (Å²) in [5, 5.41) is 0. The Morgan fingerprint density at radius 3 is 2.00 bits per heavy atom. The Hall–Kier alpha value is -4.18. The molecule has 4 heteroatoms. The first-order valence-electron chi connectivity index (χ1n) is 14.5. The van der Waals surface area contributed by atoms with Crippen molar-refractivity contribution in [2.75, 3.05) is 6.61 Å². The van der Waals surface area contributed by atoms with E-state index in [0.29, 0.717) is 6.61 Å². The summed E-state index contributed by atoms with van der Waals surface area (Å²) in [5.41, 5.74) is 10.8. The highest BCUT2D eigenvalue weighted by atomic mass is 16.6. The molecule has 0 saturated carbocycles. The Morgan fingerprint density at radius 2 is 1.30 bits per heavy atom. The minimum atomic E-state index is -0.226. The van der Waals surface area contributed by atoms with E-state index in [-0.39, 0.29) is 35.8 Å². The Balaban J connectivity index is 0.956. The molecule has 4 aliphatic rings. The fourth-order valence-corrected chi connectivity index (χ4v) is 7.89. The number of ether oxygens (including phenoxy) is 1. The van der Waals surface area contributed by atoms with Crippen molar-refractivity contribution in [2.45, 2.75) is 50.1 Å². The van der Waals surface area contributed by atoms with Crippen LogP contribution in [0.25, 0.3) is 22.3 Å². The summed E-state index contributed by atoms with van der Waals surface area (Å²) in [6, 6.07) is 31.7. The van der Waals surface area contributed by atoms with Crippen LogP contribution < -0.4 is 0 Å². The van der Waals surface area contributed by atoms with Crippen molar-refractivity contribution >= 4 is 11.9 Å². The number of hydrogen-bond donors (Lipinski definition) is 0. The zero-order valence-electron chi connectivity index (χ0n) is 22.4. The van der Waals surface area contributed by atoms with Gasteiger partial charge in [-0.3, -0.25) is 4.79 Å². The monoisotopic (exact) mass is 525 g/mol. The highest BCUT2D eigenvalue weighted by Crippen LogP contribution is 2.45. The van der Waals surface area contributed by atoms with E-state index in [1.54, 1.807) is 0 Å². The van der Waals surface area contributed by atoms with Gasteiger partial charge in [-0.1, -0.05) is 84.9 Å². The number of rotatable bonds is 4.